The lowest BCUT2D eigenvalue weighted by atomic mass is 10.1. The molecular formula is C14H22N2O2. The zero-order valence-corrected chi connectivity index (χ0v) is 11.5. The van der Waals surface area contributed by atoms with E-state index in [0.717, 1.165) is 6.54 Å². The van der Waals surface area contributed by atoms with Crippen molar-refractivity contribution in [2.75, 3.05) is 20.6 Å². The standard InChI is InChI=1S/C14H22N2O2/c1-14(2,18)10-15-13(17)12-7-5-11(6-8-12)9-16(3)4/h5-8,18H,9-10H2,1-4H3,(H,15,17). The van der Waals surface area contributed by atoms with Gasteiger partial charge in [-0.25, -0.2) is 0 Å². The summed E-state index contributed by atoms with van der Waals surface area (Å²) in [6, 6.07) is 7.50. The number of benzene rings is 1. The summed E-state index contributed by atoms with van der Waals surface area (Å²) in [6.45, 7) is 4.41. The number of nitrogens with zero attached hydrogens (tertiary/aromatic N) is 1. The van der Waals surface area contributed by atoms with Gasteiger partial charge in [-0.3, -0.25) is 4.79 Å². The second kappa shape index (κ2) is 5.98. The third kappa shape index (κ3) is 5.29. The summed E-state index contributed by atoms with van der Waals surface area (Å²) in [5, 5.41) is 12.2. The molecule has 0 aromatic heterocycles. The lowest BCUT2D eigenvalue weighted by Crippen LogP contribution is -2.38. The molecular weight excluding hydrogens is 228 g/mol. The first-order valence-electron chi connectivity index (χ1n) is 6.02. The van der Waals surface area contributed by atoms with Crippen LogP contribution in [0.15, 0.2) is 24.3 Å². The van der Waals surface area contributed by atoms with E-state index in [-0.39, 0.29) is 12.5 Å². The van der Waals surface area contributed by atoms with Gasteiger partial charge in [-0.15, -0.1) is 0 Å². The molecule has 0 atom stereocenters. The maximum atomic E-state index is 11.8. The molecule has 0 saturated heterocycles. The number of hydrogen-bond acceptors (Lipinski definition) is 3. The van der Waals surface area contributed by atoms with Crippen molar-refractivity contribution in [2.24, 2.45) is 0 Å². The fourth-order valence-corrected chi connectivity index (χ4v) is 1.53. The number of amides is 1. The normalized spacial score (nSPS) is 11.7. The van der Waals surface area contributed by atoms with Gasteiger partial charge in [-0.1, -0.05) is 12.1 Å². The highest BCUT2D eigenvalue weighted by atomic mass is 16.3. The summed E-state index contributed by atoms with van der Waals surface area (Å²) < 4.78 is 0. The Kier molecular flexibility index (Phi) is 4.87. The molecule has 1 aromatic rings. The Labute approximate surface area is 109 Å². The number of aliphatic hydroxyl groups is 1. The van der Waals surface area contributed by atoms with Crippen molar-refractivity contribution in [3.05, 3.63) is 35.4 Å². The van der Waals surface area contributed by atoms with Gasteiger partial charge in [0.25, 0.3) is 5.91 Å². The Morgan fingerprint density at radius 3 is 2.28 bits per heavy atom. The minimum atomic E-state index is -0.888. The Morgan fingerprint density at radius 2 is 1.83 bits per heavy atom. The van der Waals surface area contributed by atoms with E-state index in [0.29, 0.717) is 5.56 Å². The molecule has 18 heavy (non-hydrogen) atoms. The van der Waals surface area contributed by atoms with Crippen LogP contribution in [0.4, 0.5) is 0 Å². The largest absolute Gasteiger partial charge is 0.389 e. The SMILES string of the molecule is CN(C)Cc1ccc(C(=O)NCC(C)(C)O)cc1. The Hall–Kier alpha value is -1.39. The van der Waals surface area contributed by atoms with Gasteiger partial charge in [-0.2, -0.15) is 0 Å². The second-order valence-electron chi connectivity index (χ2n) is 5.43. The lowest BCUT2D eigenvalue weighted by Gasteiger charge is -2.17. The molecule has 100 valence electrons. The molecule has 0 spiro atoms. The minimum absolute atomic E-state index is 0.159. The summed E-state index contributed by atoms with van der Waals surface area (Å²) in [5.74, 6) is -0.159. The van der Waals surface area contributed by atoms with Crippen LogP contribution in [0.1, 0.15) is 29.8 Å². The Balaban J connectivity index is 2.59. The molecule has 4 nitrogen and oxygen atoms in total. The molecule has 0 unspecified atom stereocenters. The first kappa shape index (κ1) is 14.7. The molecule has 1 rings (SSSR count). The molecule has 0 aliphatic heterocycles. The maximum Gasteiger partial charge on any atom is 0.251 e. The Morgan fingerprint density at radius 1 is 1.28 bits per heavy atom. The Bertz CT molecular complexity index is 391. The number of nitrogens with one attached hydrogen (secondary N) is 1. The monoisotopic (exact) mass is 250 g/mol. The molecule has 2 N–H and O–H groups in total. The predicted molar refractivity (Wildman–Crippen MR) is 72.5 cm³/mol. The van der Waals surface area contributed by atoms with Crippen molar-refractivity contribution in [2.45, 2.75) is 26.0 Å². The van der Waals surface area contributed by atoms with E-state index < -0.39 is 5.60 Å². The van der Waals surface area contributed by atoms with Gasteiger partial charge in [-0.05, 0) is 45.6 Å². The molecule has 0 heterocycles. The molecule has 1 aromatic carbocycles. The third-order valence-corrected chi connectivity index (χ3v) is 2.40. The highest BCUT2D eigenvalue weighted by Gasteiger charge is 2.14. The highest BCUT2D eigenvalue weighted by Crippen LogP contribution is 2.06. The zero-order valence-electron chi connectivity index (χ0n) is 11.5. The summed E-state index contributed by atoms with van der Waals surface area (Å²) >= 11 is 0. The average molecular weight is 250 g/mol. The van der Waals surface area contributed by atoms with Crippen LogP contribution in [0.25, 0.3) is 0 Å². The molecule has 0 fully saturated rings. The van der Waals surface area contributed by atoms with Crippen LogP contribution < -0.4 is 5.32 Å². The minimum Gasteiger partial charge on any atom is -0.389 e. The van der Waals surface area contributed by atoms with Crippen molar-refractivity contribution < 1.29 is 9.90 Å². The fourth-order valence-electron chi connectivity index (χ4n) is 1.53. The topological polar surface area (TPSA) is 52.6 Å². The van der Waals surface area contributed by atoms with Crippen molar-refractivity contribution >= 4 is 5.91 Å². The van der Waals surface area contributed by atoms with E-state index in [1.165, 1.54) is 5.56 Å². The quantitative estimate of drug-likeness (QED) is 0.827. The summed E-state index contributed by atoms with van der Waals surface area (Å²) in [7, 11) is 4.01. The molecule has 0 bridgehead atoms. The van der Waals surface area contributed by atoms with Gasteiger partial charge in [0.15, 0.2) is 0 Å². The van der Waals surface area contributed by atoms with E-state index >= 15 is 0 Å². The van der Waals surface area contributed by atoms with Gasteiger partial charge in [0.1, 0.15) is 0 Å². The van der Waals surface area contributed by atoms with Crippen molar-refractivity contribution in [3.63, 3.8) is 0 Å². The van der Waals surface area contributed by atoms with E-state index in [1.54, 1.807) is 26.0 Å². The van der Waals surface area contributed by atoms with Gasteiger partial charge in [0, 0.05) is 18.7 Å². The lowest BCUT2D eigenvalue weighted by molar-refractivity contribution is 0.0694. The maximum absolute atomic E-state index is 11.8. The smallest absolute Gasteiger partial charge is 0.251 e. The van der Waals surface area contributed by atoms with Gasteiger partial charge < -0.3 is 15.3 Å². The number of carbonyl (C=O) groups is 1. The van der Waals surface area contributed by atoms with E-state index in [4.69, 9.17) is 0 Å². The first-order valence-corrected chi connectivity index (χ1v) is 6.02. The predicted octanol–water partition coefficient (Wildman–Crippen LogP) is 1.25. The third-order valence-electron chi connectivity index (χ3n) is 2.40. The number of hydrogen-bond donors (Lipinski definition) is 2. The average Bonchev–Trinajstić information content (AvgIpc) is 2.25. The van der Waals surface area contributed by atoms with E-state index in [9.17, 15) is 9.90 Å². The highest BCUT2D eigenvalue weighted by molar-refractivity contribution is 5.94. The van der Waals surface area contributed by atoms with Crippen LogP contribution >= 0.6 is 0 Å². The molecule has 0 aliphatic carbocycles. The molecule has 0 saturated carbocycles. The molecule has 0 aliphatic rings. The fraction of sp³-hybridized carbons (Fsp3) is 0.500. The van der Waals surface area contributed by atoms with E-state index in [1.807, 2.05) is 26.2 Å². The summed E-state index contributed by atoms with van der Waals surface area (Å²) in [4.78, 5) is 13.9. The number of carbonyl (C=O) groups excluding carboxylic acids is 1. The second-order valence-corrected chi connectivity index (χ2v) is 5.43. The van der Waals surface area contributed by atoms with Gasteiger partial charge >= 0.3 is 0 Å². The van der Waals surface area contributed by atoms with Crippen LogP contribution in [0, 0.1) is 0 Å². The zero-order chi connectivity index (χ0) is 13.8. The van der Waals surface area contributed by atoms with Crippen LogP contribution in [0.5, 0.6) is 0 Å². The summed E-state index contributed by atoms with van der Waals surface area (Å²) in [5.41, 5.74) is 0.890. The molecule has 0 radical (unpaired) electrons. The van der Waals surface area contributed by atoms with Crippen molar-refractivity contribution in [3.8, 4) is 0 Å². The van der Waals surface area contributed by atoms with E-state index in [2.05, 4.69) is 10.2 Å². The number of rotatable bonds is 5. The van der Waals surface area contributed by atoms with Gasteiger partial charge in [0.2, 0.25) is 0 Å². The van der Waals surface area contributed by atoms with Gasteiger partial charge in [0.05, 0.1) is 5.60 Å². The van der Waals surface area contributed by atoms with Crippen LogP contribution in [0.3, 0.4) is 0 Å². The first-order chi connectivity index (χ1) is 8.28. The molecule has 4 heteroatoms. The van der Waals surface area contributed by atoms with Crippen molar-refractivity contribution in [1.82, 2.24) is 10.2 Å². The summed E-state index contributed by atoms with van der Waals surface area (Å²) in [6.07, 6.45) is 0. The molecule has 1 amide bonds. The van der Waals surface area contributed by atoms with Crippen molar-refractivity contribution in [1.29, 1.82) is 0 Å². The van der Waals surface area contributed by atoms with Crippen LogP contribution in [-0.4, -0.2) is 42.2 Å². The van der Waals surface area contributed by atoms with Crippen LogP contribution in [-0.2, 0) is 6.54 Å². The van der Waals surface area contributed by atoms with Crippen LogP contribution in [0.2, 0.25) is 0 Å².